The lowest BCUT2D eigenvalue weighted by Crippen LogP contribution is -2.59. The zero-order chi connectivity index (χ0) is 32.2. The highest BCUT2D eigenvalue weighted by Crippen LogP contribution is 2.41. The summed E-state index contributed by atoms with van der Waals surface area (Å²) in [7, 11) is -2.49. The van der Waals surface area contributed by atoms with Gasteiger partial charge in [0, 0.05) is 73.6 Å². The molecule has 0 spiro atoms. The highest BCUT2D eigenvalue weighted by atomic mass is 32.1. The number of fused-ring (bicyclic) bond motifs is 2. The quantitative estimate of drug-likeness (QED) is 0.308. The predicted octanol–water partition coefficient (Wildman–Crippen LogP) is 3.08. The highest BCUT2D eigenvalue weighted by Gasteiger charge is 2.48. The third-order valence-electron chi connectivity index (χ3n) is 9.85. The van der Waals surface area contributed by atoms with Crippen LogP contribution in [-0.2, 0) is 25.1 Å². The second-order valence-corrected chi connectivity index (χ2v) is 15.6. The van der Waals surface area contributed by atoms with Crippen LogP contribution >= 0.6 is 18.9 Å². The van der Waals surface area contributed by atoms with Gasteiger partial charge < -0.3 is 34.5 Å². The molecule has 46 heavy (non-hydrogen) atoms. The van der Waals surface area contributed by atoms with Crippen LogP contribution in [0.4, 0.5) is 5.69 Å². The Kier molecular flexibility index (Phi) is 8.39. The molecule has 7 rings (SSSR count). The Morgan fingerprint density at radius 2 is 1.89 bits per heavy atom. The lowest BCUT2D eigenvalue weighted by Gasteiger charge is -2.45. The molecule has 0 aliphatic carbocycles. The zero-order valence-corrected chi connectivity index (χ0v) is 27.3. The van der Waals surface area contributed by atoms with Crippen molar-refractivity contribution in [2.45, 2.75) is 68.4 Å². The van der Waals surface area contributed by atoms with Crippen LogP contribution in [0.25, 0.3) is 10.1 Å². The Hall–Kier alpha value is -3.35. The van der Waals surface area contributed by atoms with E-state index in [0.717, 1.165) is 48.3 Å². The molecule has 3 N–H and O–H groups in total. The first kappa shape index (κ1) is 31.3. The number of aromatic nitrogens is 1. The third kappa shape index (κ3) is 6.06. The van der Waals surface area contributed by atoms with Crippen molar-refractivity contribution >= 4 is 52.4 Å². The number of ether oxygens (including phenoxy) is 1. The van der Waals surface area contributed by atoms with E-state index in [1.165, 1.54) is 11.3 Å². The molecule has 3 atom stereocenters. The number of likely N-dealkylation sites (tertiary alicyclic amines) is 1. The Morgan fingerprint density at radius 3 is 2.65 bits per heavy atom. The van der Waals surface area contributed by atoms with Gasteiger partial charge in [0.2, 0.25) is 11.8 Å². The van der Waals surface area contributed by atoms with E-state index in [1.807, 2.05) is 17.2 Å². The van der Waals surface area contributed by atoms with Gasteiger partial charge in [0.05, 0.1) is 17.1 Å². The summed E-state index contributed by atoms with van der Waals surface area (Å²) in [5.41, 5.74) is 2.77. The molecule has 4 aliphatic rings. The van der Waals surface area contributed by atoms with E-state index < -0.39 is 19.7 Å². The van der Waals surface area contributed by atoms with Gasteiger partial charge in [-0.15, -0.1) is 11.3 Å². The molecule has 2 aromatic heterocycles. The van der Waals surface area contributed by atoms with E-state index in [2.05, 4.69) is 15.2 Å². The first-order valence-corrected chi connectivity index (χ1v) is 18.4. The number of methoxy groups -OCH3 is 1. The number of rotatable bonds is 8. The molecule has 3 amide bonds. The Bertz CT molecular complexity index is 1720. The molecular weight excluding hydrogens is 629 g/mol. The zero-order valence-electron chi connectivity index (χ0n) is 25.6. The number of hydrogen-bond acceptors (Lipinski definition) is 8. The van der Waals surface area contributed by atoms with E-state index in [9.17, 15) is 28.7 Å². The van der Waals surface area contributed by atoms with Crippen LogP contribution in [0.2, 0.25) is 0 Å². The first-order valence-electron chi connectivity index (χ1n) is 15.8. The SMILES string of the molecule is COC1CN(c2ccncc2C2CN(C(=O)[C@@H]3CC[C@@H]4CCC[C@H](NC(=O)c5cc6cc(CP(=O)(O)O)ccc6s5)C(=O)N43)C2)C1. The summed E-state index contributed by atoms with van der Waals surface area (Å²) in [6.07, 6.45) is 7.03. The van der Waals surface area contributed by atoms with Gasteiger partial charge in [-0.05, 0) is 67.3 Å². The largest absolute Gasteiger partial charge is 0.378 e. The average Bonchev–Trinajstić information content (AvgIpc) is 3.55. The van der Waals surface area contributed by atoms with Gasteiger partial charge >= 0.3 is 7.60 Å². The van der Waals surface area contributed by atoms with Crippen LogP contribution in [0.15, 0.2) is 42.7 Å². The topological polar surface area (TPSA) is 153 Å². The molecule has 12 nitrogen and oxygen atoms in total. The van der Waals surface area contributed by atoms with Gasteiger partial charge in [-0.25, -0.2) is 0 Å². The van der Waals surface area contributed by atoms with E-state index in [4.69, 9.17) is 4.74 Å². The lowest BCUT2D eigenvalue weighted by molar-refractivity contribution is -0.148. The van der Waals surface area contributed by atoms with Crippen LogP contribution in [-0.4, -0.2) is 99.8 Å². The molecule has 244 valence electrons. The molecule has 4 aliphatic heterocycles. The molecule has 6 heterocycles. The molecular formula is C32H38N5O7PS. The Labute approximate surface area is 270 Å². The number of hydrogen-bond donors (Lipinski definition) is 3. The summed E-state index contributed by atoms with van der Waals surface area (Å²) >= 11 is 1.27. The molecule has 3 aromatic rings. The van der Waals surface area contributed by atoms with E-state index in [1.54, 1.807) is 42.5 Å². The maximum absolute atomic E-state index is 13.9. The number of nitrogens with one attached hydrogen (secondary N) is 1. The number of carbonyl (C=O) groups is 3. The second-order valence-electron chi connectivity index (χ2n) is 12.9. The average molecular weight is 668 g/mol. The Morgan fingerprint density at radius 1 is 1.09 bits per heavy atom. The van der Waals surface area contributed by atoms with Crippen LogP contribution in [0.5, 0.6) is 0 Å². The van der Waals surface area contributed by atoms with E-state index >= 15 is 0 Å². The minimum Gasteiger partial charge on any atom is -0.378 e. The molecule has 0 saturated carbocycles. The van der Waals surface area contributed by atoms with Gasteiger partial charge in [0.25, 0.3) is 5.91 Å². The van der Waals surface area contributed by atoms with Crippen LogP contribution in [0.3, 0.4) is 0 Å². The van der Waals surface area contributed by atoms with Gasteiger partial charge in [0.15, 0.2) is 0 Å². The van der Waals surface area contributed by atoms with Crippen molar-refractivity contribution in [3.05, 3.63) is 58.7 Å². The van der Waals surface area contributed by atoms with Crippen LogP contribution in [0, 0.1) is 0 Å². The van der Waals surface area contributed by atoms with Crippen molar-refractivity contribution in [3.8, 4) is 0 Å². The van der Waals surface area contributed by atoms with Crippen LogP contribution in [0.1, 0.15) is 58.8 Å². The smallest absolute Gasteiger partial charge is 0.329 e. The fourth-order valence-electron chi connectivity index (χ4n) is 7.36. The van der Waals surface area contributed by atoms with Gasteiger partial charge in [-0.2, -0.15) is 0 Å². The number of carbonyl (C=O) groups excluding carboxylic acids is 3. The Balaban J connectivity index is 1.00. The molecule has 14 heteroatoms. The number of nitrogens with zero attached hydrogens (tertiary/aromatic N) is 4. The fraction of sp³-hybridized carbons (Fsp3) is 0.500. The van der Waals surface area contributed by atoms with E-state index in [0.29, 0.717) is 41.8 Å². The molecule has 4 saturated heterocycles. The minimum absolute atomic E-state index is 0.0118. The molecule has 0 bridgehead atoms. The van der Waals surface area contributed by atoms with Crippen LogP contribution < -0.4 is 10.2 Å². The summed E-state index contributed by atoms with van der Waals surface area (Å²) in [6.45, 7) is 2.85. The lowest BCUT2D eigenvalue weighted by atomic mass is 9.89. The molecule has 1 aromatic carbocycles. The summed E-state index contributed by atoms with van der Waals surface area (Å²) in [4.78, 5) is 70.4. The van der Waals surface area contributed by atoms with Crippen molar-refractivity contribution in [2.24, 2.45) is 0 Å². The van der Waals surface area contributed by atoms with E-state index in [-0.39, 0.29) is 41.9 Å². The minimum atomic E-state index is -4.22. The fourth-order valence-corrected chi connectivity index (χ4v) is 8.98. The van der Waals surface area contributed by atoms with Gasteiger partial charge in [-0.3, -0.25) is 23.9 Å². The van der Waals surface area contributed by atoms with Gasteiger partial charge in [0.1, 0.15) is 12.1 Å². The molecule has 0 radical (unpaired) electrons. The first-order chi connectivity index (χ1) is 22.1. The van der Waals surface area contributed by atoms with Crippen molar-refractivity contribution in [3.63, 3.8) is 0 Å². The number of pyridine rings is 1. The summed E-state index contributed by atoms with van der Waals surface area (Å²) in [5, 5.41) is 3.66. The van der Waals surface area contributed by atoms with Crippen molar-refractivity contribution in [1.29, 1.82) is 0 Å². The van der Waals surface area contributed by atoms with Crippen molar-refractivity contribution in [1.82, 2.24) is 20.1 Å². The number of anilines is 1. The number of thiophene rings is 1. The predicted molar refractivity (Wildman–Crippen MR) is 173 cm³/mol. The maximum atomic E-state index is 13.9. The summed E-state index contributed by atoms with van der Waals surface area (Å²) < 4.78 is 17.7. The second kappa shape index (κ2) is 12.4. The normalized spacial score (nSPS) is 24.0. The summed E-state index contributed by atoms with van der Waals surface area (Å²) in [6, 6.07) is 7.54. The number of benzene rings is 1. The number of amides is 3. The molecule has 4 fully saturated rings. The van der Waals surface area contributed by atoms with Gasteiger partial charge in [-0.1, -0.05) is 6.07 Å². The van der Waals surface area contributed by atoms with Crippen molar-refractivity contribution in [2.75, 3.05) is 38.2 Å². The maximum Gasteiger partial charge on any atom is 0.329 e. The third-order valence-corrected chi connectivity index (χ3v) is 11.7. The van der Waals surface area contributed by atoms with Crippen molar-refractivity contribution < 1.29 is 33.5 Å². The molecule has 0 unspecified atom stereocenters. The standard InChI is InChI=1S/C32H38N5O7PS/c1-44-23-16-35(17-23)26-9-10-33-13-24(26)21-14-36(15-21)32(40)27-7-6-22-3-2-4-25(31(39)37(22)27)34-30(38)29-12-20-11-19(18-45(41,42)43)5-8-28(20)46-29/h5,8-13,21-23,25,27H,2-4,6-7,14-18H2,1H3,(H,34,38)(H2,41,42,43)/t22-,25-,27-/m0/s1. The summed E-state index contributed by atoms with van der Waals surface area (Å²) in [5.74, 6) is -0.404. The monoisotopic (exact) mass is 667 g/mol. The highest BCUT2D eigenvalue weighted by molar-refractivity contribution is 7.50.